The third-order valence-corrected chi connectivity index (χ3v) is 3.50. The number of hydrogen-bond acceptors (Lipinski definition) is 4. The van der Waals surface area contributed by atoms with E-state index in [1.807, 2.05) is 24.3 Å². The Morgan fingerprint density at radius 1 is 1.39 bits per heavy atom. The standard InChI is InChI=1S/C13H18BrNO3/c14-10-1-3-13(4-2-10)18-9-12(17)8-15-6-5-11(16)7-15/h1-4,11-12,16-17H,5-9H2/t11-,12?/m0/s1. The first kappa shape index (κ1) is 13.8. The molecule has 1 fully saturated rings. The van der Waals surface area contributed by atoms with E-state index in [1.165, 1.54) is 0 Å². The van der Waals surface area contributed by atoms with Gasteiger partial charge in [0.1, 0.15) is 18.5 Å². The summed E-state index contributed by atoms with van der Waals surface area (Å²) < 4.78 is 6.50. The number of likely N-dealkylation sites (tertiary alicyclic amines) is 1. The number of β-amino-alcohol motifs (C(OH)–C–C–N with tert-alkyl or cyclic N) is 2. The van der Waals surface area contributed by atoms with Crippen LogP contribution in [0.25, 0.3) is 0 Å². The number of aliphatic hydroxyl groups excluding tert-OH is 2. The van der Waals surface area contributed by atoms with Gasteiger partial charge in [-0.15, -0.1) is 0 Å². The van der Waals surface area contributed by atoms with Crippen molar-refractivity contribution in [3.8, 4) is 5.75 Å². The minimum atomic E-state index is -0.529. The first-order valence-corrected chi connectivity index (χ1v) is 6.89. The van der Waals surface area contributed by atoms with Gasteiger partial charge in [0.15, 0.2) is 0 Å². The Morgan fingerprint density at radius 2 is 2.11 bits per heavy atom. The van der Waals surface area contributed by atoms with E-state index in [0.29, 0.717) is 13.1 Å². The molecule has 1 aliphatic rings. The van der Waals surface area contributed by atoms with Crippen molar-refractivity contribution in [2.45, 2.75) is 18.6 Å². The zero-order valence-electron chi connectivity index (χ0n) is 10.1. The lowest BCUT2D eigenvalue weighted by molar-refractivity contribution is 0.0707. The average molecular weight is 316 g/mol. The Bertz CT molecular complexity index is 371. The highest BCUT2D eigenvalue weighted by molar-refractivity contribution is 9.10. The molecule has 0 saturated carbocycles. The molecule has 1 aromatic carbocycles. The highest BCUT2D eigenvalue weighted by Crippen LogP contribution is 2.16. The second-order valence-electron chi connectivity index (χ2n) is 4.62. The lowest BCUT2D eigenvalue weighted by Gasteiger charge is -2.19. The molecular formula is C13H18BrNO3. The van der Waals surface area contributed by atoms with Crippen LogP contribution in [-0.2, 0) is 0 Å². The van der Waals surface area contributed by atoms with Gasteiger partial charge >= 0.3 is 0 Å². The smallest absolute Gasteiger partial charge is 0.119 e. The van der Waals surface area contributed by atoms with Crippen LogP contribution >= 0.6 is 15.9 Å². The van der Waals surface area contributed by atoms with Crippen LogP contribution in [0.3, 0.4) is 0 Å². The molecule has 0 aliphatic carbocycles. The molecule has 1 saturated heterocycles. The number of benzene rings is 1. The zero-order chi connectivity index (χ0) is 13.0. The van der Waals surface area contributed by atoms with Gasteiger partial charge in [0.2, 0.25) is 0 Å². The normalized spacial score (nSPS) is 22.1. The quantitative estimate of drug-likeness (QED) is 0.859. The van der Waals surface area contributed by atoms with Crippen molar-refractivity contribution in [1.29, 1.82) is 0 Å². The fourth-order valence-electron chi connectivity index (χ4n) is 2.05. The van der Waals surface area contributed by atoms with Crippen molar-refractivity contribution in [1.82, 2.24) is 4.90 Å². The van der Waals surface area contributed by atoms with E-state index >= 15 is 0 Å². The highest BCUT2D eigenvalue weighted by Gasteiger charge is 2.22. The summed E-state index contributed by atoms with van der Waals surface area (Å²) in [6, 6.07) is 7.52. The molecule has 0 bridgehead atoms. The molecule has 5 heteroatoms. The molecule has 1 aromatic rings. The van der Waals surface area contributed by atoms with E-state index in [4.69, 9.17) is 4.74 Å². The average Bonchev–Trinajstić information content (AvgIpc) is 2.74. The third-order valence-electron chi connectivity index (χ3n) is 2.97. The fraction of sp³-hybridized carbons (Fsp3) is 0.538. The van der Waals surface area contributed by atoms with Crippen LogP contribution in [0.15, 0.2) is 28.7 Å². The topological polar surface area (TPSA) is 52.9 Å². The monoisotopic (exact) mass is 315 g/mol. The minimum Gasteiger partial charge on any atom is -0.491 e. The summed E-state index contributed by atoms with van der Waals surface area (Å²) in [7, 11) is 0. The van der Waals surface area contributed by atoms with Crippen LogP contribution in [-0.4, -0.2) is 53.6 Å². The molecule has 1 unspecified atom stereocenters. The van der Waals surface area contributed by atoms with E-state index in [0.717, 1.165) is 23.2 Å². The molecule has 4 nitrogen and oxygen atoms in total. The van der Waals surface area contributed by atoms with E-state index < -0.39 is 6.10 Å². The van der Waals surface area contributed by atoms with Crippen molar-refractivity contribution in [3.05, 3.63) is 28.7 Å². The minimum absolute atomic E-state index is 0.246. The molecule has 0 aromatic heterocycles. The summed E-state index contributed by atoms with van der Waals surface area (Å²) in [6.45, 7) is 2.31. The Labute approximate surface area is 115 Å². The third kappa shape index (κ3) is 4.24. The van der Waals surface area contributed by atoms with E-state index in [9.17, 15) is 10.2 Å². The number of aliphatic hydroxyl groups is 2. The number of hydrogen-bond donors (Lipinski definition) is 2. The molecule has 2 atom stereocenters. The van der Waals surface area contributed by atoms with Gasteiger partial charge in [0, 0.05) is 24.1 Å². The summed E-state index contributed by atoms with van der Waals surface area (Å²) in [4.78, 5) is 2.06. The van der Waals surface area contributed by atoms with E-state index in [2.05, 4.69) is 20.8 Å². The van der Waals surface area contributed by atoms with Crippen molar-refractivity contribution in [2.24, 2.45) is 0 Å². The SMILES string of the molecule is OC(COc1ccc(Br)cc1)CN1CC[C@H](O)C1. The largest absolute Gasteiger partial charge is 0.491 e. The van der Waals surface area contributed by atoms with Gasteiger partial charge < -0.3 is 14.9 Å². The maximum Gasteiger partial charge on any atom is 0.119 e. The molecular weight excluding hydrogens is 298 g/mol. The Balaban J connectivity index is 1.71. The van der Waals surface area contributed by atoms with Crippen molar-refractivity contribution in [2.75, 3.05) is 26.2 Å². The maximum absolute atomic E-state index is 9.85. The van der Waals surface area contributed by atoms with Gasteiger partial charge in [0.25, 0.3) is 0 Å². The zero-order valence-corrected chi connectivity index (χ0v) is 11.7. The Hall–Kier alpha value is -0.620. The van der Waals surface area contributed by atoms with Crippen LogP contribution < -0.4 is 4.74 Å². The molecule has 2 rings (SSSR count). The van der Waals surface area contributed by atoms with Gasteiger partial charge in [-0.1, -0.05) is 15.9 Å². The van der Waals surface area contributed by atoms with Gasteiger partial charge in [-0.25, -0.2) is 0 Å². The molecule has 0 spiro atoms. The van der Waals surface area contributed by atoms with Gasteiger partial charge in [-0.3, -0.25) is 4.90 Å². The van der Waals surface area contributed by atoms with Crippen molar-refractivity contribution in [3.63, 3.8) is 0 Å². The van der Waals surface area contributed by atoms with Crippen LogP contribution in [0.2, 0.25) is 0 Å². The maximum atomic E-state index is 9.85. The second-order valence-corrected chi connectivity index (χ2v) is 5.54. The molecule has 2 N–H and O–H groups in total. The molecule has 1 heterocycles. The molecule has 0 amide bonds. The summed E-state index contributed by atoms with van der Waals surface area (Å²) in [5.74, 6) is 0.749. The molecule has 100 valence electrons. The number of halogens is 1. The Morgan fingerprint density at radius 3 is 2.72 bits per heavy atom. The molecule has 18 heavy (non-hydrogen) atoms. The van der Waals surface area contributed by atoms with Crippen molar-refractivity contribution < 1.29 is 14.9 Å². The summed E-state index contributed by atoms with van der Waals surface area (Å²) in [5, 5.41) is 19.2. The van der Waals surface area contributed by atoms with Crippen LogP contribution in [0.1, 0.15) is 6.42 Å². The first-order valence-electron chi connectivity index (χ1n) is 6.10. The van der Waals surface area contributed by atoms with Gasteiger partial charge in [-0.05, 0) is 30.7 Å². The van der Waals surface area contributed by atoms with E-state index in [-0.39, 0.29) is 12.7 Å². The van der Waals surface area contributed by atoms with Crippen LogP contribution in [0.5, 0.6) is 5.75 Å². The van der Waals surface area contributed by atoms with E-state index in [1.54, 1.807) is 0 Å². The fourth-order valence-corrected chi connectivity index (χ4v) is 2.32. The van der Waals surface area contributed by atoms with Gasteiger partial charge in [-0.2, -0.15) is 0 Å². The van der Waals surface area contributed by atoms with Gasteiger partial charge in [0.05, 0.1) is 6.10 Å². The van der Waals surface area contributed by atoms with Crippen LogP contribution in [0, 0.1) is 0 Å². The van der Waals surface area contributed by atoms with Crippen molar-refractivity contribution >= 4 is 15.9 Å². The number of nitrogens with zero attached hydrogens (tertiary/aromatic N) is 1. The molecule has 0 radical (unpaired) electrons. The number of rotatable bonds is 5. The summed E-state index contributed by atoms with van der Waals surface area (Å²) >= 11 is 3.35. The lowest BCUT2D eigenvalue weighted by atomic mass is 10.3. The Kier molecular flexibility index (Phi) is 5.00. The van der Waals surface area contributed by atoms with Crippen LogP contribution in [0.4, 0.5) is 0 Å². The summed E-state index contributed by atoms with van der Waals surface area (Å²) in [5.41, 5.74) is 0. The molecule has 1 aliphatic heterocycles. The lowest BCUT2D eigenvalue weighted by Crippen LogP contribution is -2.34. The number of ether oxygens (including phenoxy) is 1. The summed E-state index contributed by atoms with van der Waals surface area (Å²) in [6.07, 6.45) is 0.0175. The predicted molar refractivity (Wildman–Crippen MR) is 72.7 cm³/mol. The second kappa shape index (κ2) is 6.52. The predicted octanol–water partition coefficient (Wildman–Crippen LogP) is 1.26. The first-order chi connectivity index (χ1) is 8.63. The highest BCUT2D eigenvalue weighted by atomic mass is 79.9.